The number of hydrogen-bond acceptors (Lipinski definition) is 3. The maximum Gasteiger partial charge on any atom is 0.251 e. The number of amides is 1. The number of benzene rings is 1. The van der Waals surface area contributed by atoms with Gasteiger partial charge in [0.1, 0.15) is 0 Å². The van der Waals surface area contributed by atoms with Gasteiger partial charge in [0.15, 0.2) is 0 Å². The number of rotatable bonds is 4. The lowest BCUT2D eigenvalue weighted by atomic mass is 10.1. The highest BCUT2D eigenvalue weighted by molar-refractivity contribution is 5.94. The summed E-state index contributed by atoms with van der Waals surface area (Å²) in [6.07, 6.45) is 0. The van der Waals surface area contributed by atoms with E-state index in [-0.39, 0.29) is 5.91 Å². The van der Waals surface area contributed by atoms with Gasteiger partial charge in [0.05, 0.1) is 6.04 Å². The largest absolute Gasteiger partial charge is 0.380 e. The van der Waals surface area contributed by atoms with Crippen LogP contribution in [-0.4, -0.2) is 31.6 Å². The second-order valence-corrected chi connectivity index (χ2v) is 4.39. The summed E-state index contributed by atoms with van der Waals surface area (Å²) >= 11 is 0. The summed E-state index contributed by atoms with van der Waals surface area (Å²) in [5.41, 5.74) is 2.95. The van der Waals surface area contributed by atoms with Crippen LogP contribution in [0.4, 0.5) is 5.69 Å². The number of aryl methyl sites for hydroxylation is 1. The third kappa shape index (κ3) is 2.77. The van der Waals surface area contributed by atoms with Gasteiger partial charge in [-0.3, -0.25) is 4.79 Å². The Labute approximate surface area is 102 Å². The molecular weight excluding hydrogens is 214 g/mol. The zero-order valence-corrected chi connectivity index (χ0v) is 10.3. The maximum absolute atomic E-state index is 11.7. The lowest BCUT2D eigenvalue weighted by molar-refractivity contribution is 0.0956. The fourth-order valence-corrected chi connectivity index (χ4v) is 1.84. The van der Waals surface area contributed by atoms with Gasteiger partial charge in [-0.15, -0.1) is 0 Å². The minimum atomic E-state index is -0.00698. The van der Waals surface area contributed by atoms with Gasteiger partial charge in [-0.05, 0) is 37.6 Å². The van der Waals surface area contributed by atoms with Crippen LogP contribution in [-0.2, 0) is 0 Å². The molecule has 1 aromatic carbocycles. The lowest BCUT2D eigenvalue weighted by Crippen LogP contribution is -2.51. The third-order valence-corrected chi connectivity index (χ3v) is 2.97. The number of nitrogens with one attached hydrogen (secondary N) is 3. The molecule has 0 unspecified atom stereocenters. The van der Waals surface area contributed by atoms with E-state index in [9.17, 15) is 4.79 Å². The summed E-state index contributed by atoms with van der Waals surface area (Å²) in [6, 6.07) is 6.30. The summed E-state index contributed by atoms with van der Waals surface area (Å²) in [5, 5.41) is 9.47. The molecule has 4 heteroatoms. The molecule has 2 rings (SSSR count). The van der Waals surface area contributed by atoms with Gasteiger partial charge in [0, 0.05) is 30.9 Å². The first-order chi connectivity index (χ1) is 8.20. The van der Waals surface area contributed by atoms with E-state index >= 15 is 0 Å². The van der Waals surface area contributed by atoms with Crippen LogP contribution in [0.15, 0.2) is 18.2 Å². The molecule has 1 saturated heterocycles. The van der Waals surface area contributed by atoms with E-state index in [1.165, 1.54) is 0 Å². The summed E-state index contributed by atoms with van der Waals surface area (Å²) < 4.78 is 0. The van der Waals surface area contributed by atoms with Crippen LogP contribution in [0.3, 0.4) is 0 Å². The van der Waals surface area contributed by atoms with E-state index < -0.39 is 0 Å². The number of anilines is 1. The summed E-state index contributed by atoms with van der Waals surface area (Å²) in [7, 11) is 0. The second-order valence-electron chi connectivity index (χ2n) is 4.39. The average molecular weight is 233 g/mol. The molecule has 17 heavy (non-hydrogen) atoms. The van der Waals surface area contributed by atoms with Crippen LogP contribution in [0.2, 0.25) is 0 Å². The molecule has 1 heterocycles. The SMILES string of the molecule is CCNC(=O)c1ccc(NC2CNC2)c(C)c1. The van der Waals surface area contributed by atoms with Crippen molar-refractivity contribution < 1.29 is 4.79 Å². The first-order valence-electron chi connectivity index (χ1n) is 6.07. The van der Waals surface area contributed by atoms with Gasteiger partial charge < -0.3 is 16.0 Å². The van der Waals surface area contributed by atoms with Gasteiger partial charge in [-0.1, -0.05) is 0 Å². The fraction of sp³-hybridized carbons (Fsp3) is 0.462. The Morgan fingerprint density at radius 2 is 2.24 bits per heavy atom. The Bertz CT molecular complexity index is 413. The van der Waals surface area contributed by atoms with Gasteiger partial charge >= 0.3 is 0 Å². The summed E-state index contributed by atoms with van der Waals surface area (Å²) in [4.78, 5) is 11.7. The van der Waals surface area contributed by atoms with Crippen molar-refractivity contribution >= 4 is 11.6 Å². The molecule has 1 amide bonds. The molecule has 4 nitrogen and oxygen atoms in total. The van der Waals surface area contributed by atoms with E-state index in [1.807, 2.05) is 32.0 Å². The lowest BCUT2D eigenvalue weighted by Gasteiger charge is -2.29. The summed E-state index contributed by atoms with van der Waals surface area (Å²) in [6.45, 7) is 6.63. The Morgan fingerprint density at radius 3 is 2.76 bits per heavy atom. The van der Waals surface area contributed by atoms with Crippen molar-refractivity contribution in [3.63, 3.8) is 0 Å². The Morgan fingerprint density at radius 1 is 1.47 bits per heavy atom. The van der Waals surface area contributed by atoms with E-state index in [2.05, 4.69) is 16.0 Å². The predicted molar refractivity (Wildman–Crippen MR) is 69.5 cm³/mol. The van der Waals surface area contributed by atoms with Crippen molar-refractivity contribution in [2.24, 2.45) is 0 Å². The minimum Gasteiger partial charge on any atom is -0.380 e. The van der Waals surface area contributed by atoms with Crippen LogP contribution in [0, 0.1) is 6.92 Å². The van der Waals surface area contributed by atoms with Crippen molar-refractivity contribution in [3.05, 3.63) is 29.3 Å². The van der Waals surface area contributed by atoms with Gasteiger partial charge in [0.25, 0.3) is 5.91 Å². The van der Waals surface area contributed by atoms with E-state index in [0.717, 1.165) is 29.9 Å². The van der Waals surface area contributed by atoms with E-state index in [1.54, 1.807) is 0 Å². The molecule has 1 aromatic rings. The Hall–Kier alpha value is -1.55. The van der Waals surface area contributed by atoms with Crippen molar-refractivity contribution in [2.45, 2.75) is 19.9 Å². The van der Waals surface area contributed by atoms with Gasteiger partial charge in [0.2, 0.25) is 0 Å². The molecule has 0 bridgehead atoms. The Kier molecular flexibility index (Phi) is 3.64. The first-order valence-corrected chi connectivity index (χ1v) is 6.07. The summed E-state index contributed by atoms with van der Waals surface area (Å²) in [5.74, 6) is -0.00698. The molecule has 0 saturated carbocycles. The quantitative estimate of drug-likeness (QED) is 0.730. The van der Waals surface area contributed by atoms with Crippen LogP contribution in [0.5, 0.6) is 0 Å². The highest BCUT2D eigenvalue weighted by Crippen LogP contribution is 2.18. The number of carbonyl (C=O) groups is 1. The molecule has 0 aliphatic carbocycles. The van der Waals surface area contributed by atoms with Crippen LogP contribution in [0.25, 0.3) is 0 Å². The van der Waals surface area contributed by atoms with Crippen LogP contribution < -0.4 is 16.0 Å². The normalized spacial score (nSPS) is 15.2. The topological polar surface area (TPSA) is 53.2 Å². The molecule has 1 aliphatic rings. The van der Waals surface area contributed by atoms with Crippen LogP contribution in [0.1, 0.15) is 22.8 Å². The highest BCUT2D eigenvalue weighted by Gasteiger charge is 2.17. The average Bonchev–Trinajstić information content (AvgIpc) is 2.25. The molecule has 1 aliphatic heterocycles. The zero-order valence-electron chi connectivity index (χ0n) is 10.3. The second kappa shape index (κ2) is 5.19. The molecule has 0 atom stereocenters. The van der Waals surface area contributed by atoms with Gasteiger partial charge in [-0.25, -0.2) is 0 Å². The molecule has 0 aromatic heterocycles. The van der Waals surface area contributed by atoms with Crippen LogP contribution >= 0.6 is 0 Å². The predicted octanol–water partition coefficient (Wildman–Crippen LogP) is 1.13. The van der Waals surface area contributed by atoms with E-state index in [0.29, 0.717) is 12.6 Å². The molecule has 92 valence electrons. The molecule has 0 spiro atoms. The van der Waals surface area contributed by atoms with Gasteiger partial charge in [-0.2, -0.15) is 0 Å². The smallest absolute Gasteiger partial charge is 0.251 e. The maximum atomic E-state index is 11.7. The Balaban J connectivity index is 2.07. The molecule has 3 N–H and O–H groups in total. The molecule has 0 radical (unpaired) electrons. The number of hydrogen-bond donors (Lipinski definition) is 3. The first kappa shape index (κ1) is 11.9. The monoisotopic (exact) mass is 233 g/mol. The third-order valence-electron chi connectivity index (χ3n) is 2.97. The standard InChI is InChI=1S/C13H19N3O/c1-3-15-13(17)10-4-5-12(9(2)6-10)16-11-7-14-8-11/h4-6,11,14,16H,3,7-8H2,1-2H3,(H,15,17). The van der Waals surface area contributed by atoms with E-state index in [4.69, 9.17) is 0 Å². The highest BCUT2D eigenvalue weighted by atomic mass is 16.1. The van der Waals surface area contributed by atoms with Crippen molar-refractivity contribution in [1.82, 2.24) is 10.6 Å². The fourth-order valence-electron chi connectivity index (χ4n) is 1.84. The molecular formula is C13H19N3O. The van der Waals surface area contributed by atoms with Crippen molar-refractivity contribution in [3.8, 4) is 0 Å². The number of carbonyl (C=O) groups excluding carboxylic acids is 1. The zero-order chi connectivity index (χ0) is 12.3. The molecule has 1 fully saturated rings. The van der Waals surface area contributed by atoms with Crippen molar-refractivity contribution in [1.29, 1.82) is 0 Å². The minimum absolute atomic E-state index is 0.00698. The van der Waals surface area contributed by atoms with Crippen molar-refractivity contribution in [2.75, 3.05) is 25.0 Å².